The normalized spacial score (nSPS) is 11.9. The lowest BCUT2D eigenvalue weighted by atomic mass is 10.1. The highest BCUT2D eigenvalue weighted by Gasteiger charge is 2.13. The third-order valence-corrected chi connectivity index (χ3v) is 2.94. The van der Waals surface area contributed by atoms with Crippen LogP contribution in [0.2, 0.25) is 0 Å². The molecule has 0 aliphatic carbocycles. The van der Waals surface area contributed by atoms with E-state index in [0.29, 0.717) is 5.69 Å². The first-order valence-electron chi connectivity index (χ1n) is 6.30. The molecule has 6 heteroatoms. The number of rotatable bonds is 5. The maximum Gasteiger partial charge on any atom is 0.242 e. The fourth-order valence-corrected chi connectivity index (χ4v) is 2.00. The van der Waals surface area contributed by atoms with E-state index in [4.69, 9.17) is 10.5 Å². The molecule has 0 radical (unpaired) electrons. The average molecular weight is 274 g/mol. The van der Waals surface area contributed by atoms with E-state index in [-0.39, 0.29) is 18.5 Å². The van der Waals surface area contributed by atoms with Gasteiger partial charge in [0.1, 0.15) is 12.3 Å². The highest BCUT2D eigenvalue weighted by atomic mass is 16.5. The number of nitrogens with zero attached hydrogens (tertiary/aromatic N) is 2. The molecule has 1 heterocycles. The van der Waals surface area contributed by atoms with E-state index in [2.05, 4.69) is 10.4 Å². The Morgan fingerprint density at radius 2 is 2.25 bits per heavy atom. The molecule has 1 aromatic heterocycles. The van der Waals surface area contributed by atoms with Crippen LogP contribution < -0.4 is 15.8 Å². The first-order chi connectivity index (χ1) is 9.60. The summed E-state index contributed by atoms with van der Waals surface area (Å²) in [6.07, 6.45) is 3.13. The number of carbonyl (C=O) groups excluding carboxylic acids is 1. The molecular weight excluding hydrogens is 256 g/mol. The van der Waals surface area contributed by atoms with Crippen molar-refractivity contribution in [3.8, 4) is 5.75 Å². The van der Waals surface area contributed by atoms with Gasteiger partial charge in [0.05, 0.1) is 25.0 Å². The van der Waals surface area contributed by atoms with Gasteiger partial charge in [-0.15, -0.1) is 0 Å². The van der Waals surface area contributed by atoms with E-state index >= 15 is 0 Å². The Kier molecular flexibility index (Phi) is 4.24. The minimum atomic E-state index is -0.147. The van der Waals surface area contributed by atoms with Crippen LogP contribution in [0.25, 0.3) is 0 Å². The molecule has 0 aliphatic rings. The van der Waals surface area contributed by atoms with E-state index in [0.717, 1.165) is 11.3 Å². The van der Waals surface area contributed by atoms with E-state index < -0.39 is 0 Å². The number of hydrogen-bond acceptors (Lipinski definition) is 4. The topological polar surface area (TPSA) is 82.2 Å². The summed E-state index contributed by atoms with van der Waals surface area (Å²) in [6.45, 7) is 2.05. The van der Waals surface area contributed by atoms with Crippen molar-refractivity contribution < 1.29 is 9.53 Å². The molecule has 1 unspecified atom stereocenters. The van der Waals surface area contributed by atoms with Crippen molar-refractivity contribution in [3.05, 3.63) is 42.2 Å². The molecule has 0 saturated carbocycles. The second kappa shape index (κ2) is 6.10. The number of benzene rings is 1. The molecule has 0 spiro atoms. The number of hydrogen-bond donors (Lipinski definition) is 2. The van der Waals surface area contributed by atoms with Crippen molar-refractivity contribution in [1.82, 2.24) is 15.1 Å². The van der Waals surface area contributed by atoms with E-state index in [1.165, 1.54) is 10.9 Å². The van der Waals surface area contributed by atoms with Gasteiger partial charge in [0, 0.05) is 11.8 Å². The summed E-state index contributed by atoms with van der Waals surface area (Å²) in [7, 11) is 1.61. The summed E-state index contributed by atoms with van der Waals surface area (Å²) in [4.78, 5) is 12.0. The maximum absolute atomic E-state index is 12.0. The second-order valence-corrected chi connectivity index (χ2v) is 4.50. The lowest BCUT2D eigenvalue weighted by Gasteiger charge is -2.17. The summed E-state index contributed by atoms with van der Waals surface area (Å²) in [6, 6.07) is 7.45. The highest BCUT2D eigenvalue weighted by molar-refractivity contribution is 5.76. The number of aromatic nitrogens is 2. The zero-order chi connectivity index (χ0) is 14.5. The third kappa shape index (κ3) is 3.28. The molecule has 106 valence electrons. The summed E-state index contributed by atoms with van der Waals surface area (Å²) < 4.78 is 6.78. The Balaban J connectivity index is 2.00. The van der Waals surface area contributed by atoms with Crippen molar-refractivity contribution in [2.75, 3.05) is 12.8 Å². The van der Waals surface area contributed by atoms with Crippen LogP contribution in [0.5, 0.6) is 5.75 Å². The number of methoxy groups -OCH3 is 1. The van der Waals surface area contributed by atoms with Gasteiger partial charge in [0.25, 0.3) is 0 Å². The maximum atomic E-state index is 12.0. The van der Waals surface area contributed by atoms with Crippen LogP contribution in [0.4, 0.5) is 5.69 Å². The van der Waals surface area contributed by atoms with E-state index in [9.17, 15) is 4.79 Å². The Hall–Kier alpha value is -2.50. The number of amides is 1. The number of carbonyl (C=O) groups is 1. The summed E-state index contributed by atoms with van der Waals surface area (Å²) in [5.41, 5.74) is 7.02. The zero-order valence-corrected chi connectivity index (χ0v) is 11.5. The average Bonchev–Trinajstić information content (AvgIpc) is 2.83. The predicted molar refractivity (Wildman–Crippen MR) is 76.2 cm³/mol. The molecule has 6 nitrogen and oxygen atoms in total. The van der Waals surface area contributed by atoms with Gasteiger partial charge in [-0.25, -0.2) is 0 Å². The van der Waals surface area contributed by atoms with Gasteiger partial charge in [-0.1, -0.05) is 18.2 Å². The molecule has 0 aliphatic heterocycles. The lowest BCUT2D eigenvalue weighted by Crippen LogP contribution is -2.30. The van der Waals surface area contributed by atoms with Gasteiger partial charge in [-0.3, -0.25) is 9.48 Å². The van der Waals surface area contributed by atoms with E-state index in [1.54, 1.807) is 13.3 Å². The zero-order valence-electron chi connectivity index (χ0n) is 11.5. The van der Waals surface area contributed by atoms with Crippen molar-refractivity contribution in [3.63, 3.8) is 0 Å². The van der Waals surface area contributed by atoms with Crippen LogP contribution in [-0.2, 0) is 11.3 Å². The van der Waals surface area contributed by atoms with Gasteiger partial charge >= 0.3 is 0 Å². The monoisotopic (exact) mass is 274 g/mol. The largest absolute Gasteiger partial charge is 0.496 e. The molecule has 1 atom stereocenters. The van der Waals surface area contributed by atoms with Crippen LogP contribution in [0.1, 0.15) is 18.5 Å². The van der Waals surface area contributed by atoms with Crippen LogP contribution in [-0.4, -0.2) is 22.8 Å². The van der Waals surface area contributed by atoms with Crippen LogP contribution in [0.3, 0.4) is 0 Å². The fraction of sp³-hybridized carbons (Fsp3) is 0.286. The molecule has 0 bridgehead atoms. The van der Waals surface area contributed by atoms with Gasteiger partial charge < -0.3 is 15.8 Å². The molecular formula is C14H18N4O2. The molecule has 1 aromatic carbocycles. The first-order valence-corrected chi connectivity index (χ1v) is 6.30. The Morgan fingerprint density at radius 1 is 1.50 bits per heavy atom. The molecule has 2 rings (SSSR count). The first kappa shape index (κ1) is 13.9. The second-order valence-electron chi connectivity index (χ2n) is 4.50. The molecule has 1 amide bonds. The Bertz CT molecular complexity index is 594. The molecule has 3 N–H and O–H groups in total. The SMILES string of the molecule is COc1ccccc1C(C)NC(=O)Cn1cc(N)cn1. The van der Waals surface area contributed by atoms with Gasteiger partial charge in [0.15, 0.2) is 0 Å². The van der Waals surface area contributed by atoms with Crippen LogP contribution in [0, 0.1) is 0 Å². The number of para-hydroxylation sites is 1. The predicted octanol–water partition coefficient (Wildman–Crippen LogP) is 1.35. The van der Waals surface area contributed by atoms with Crippen LogP contribution in [0.15, 0.2) is 36.7 Å². The molecule has 0 saturated heterocycles. The van der Waals surface area contributed by atoms with Gasteiger partial charge in [-0.2, -0.15) is 5.10 Å². The van der Waals surface area contributed by atoms with E-state index in [1.807, 2.05) is 31.2 Å². The van der Waals surface area contributed by atoms with Crippen molar-refractivity contribution in [1.29, 1.82) is 0 Å². The number of nitrogens with two attached hydrogens (primary N) is 1. The van der Waals surface area contributed by atoms with Gasteiger partial charge in [0.2, 0.25) is 5.91 Å². The quantitative estimate of drug-likeness (QED) is 0.862. The number of anilines is 1. The van der Waals surface area contributed by atoms with Crippen LogP contribution >= 0.6 is 0 Å². The smallest absolute Gasteiger partial charge is 0.242 e. The minimum absolute atomic E-state index is 0.133. The van der Waals surface area contributed by atoms with Crippen molar-refractivity contribution >= 4 is 11.6 Å². The fourth-order valence-electron chi connectivity index (χ4n) is 2.00. The number of nitrogen functional groups attached to an aromatic ring is 1. The molecule has 0 fully saturated rings. The molecule has 20 heavy (non-hydrogen) atoms. The van der Waals surface area contributed by atoms with Crippen molar-refractivity contribution in [2.24, 2.45) is 0 Å². The molecule has 2 aromatic rings. The summed E-state index contributed by atoms with van der Waals surface area (Å²) in [5.74, 6) is 0.620. The third-order valence-electron chi connectivity index (χ3n) is 2.94. The Morgan fingerprint density at radius 3 is 2.90 bits per heavy atom. The number of nitrogens with one attached hydrogen (secondary N) is 1. The minimum Gasteiger partial charge on any atom is -0.496 e. The summed E-state index contributed by atoms with van der Waals surface area (Å²) in [5, 5.41) is 6.88. The van der Waals surface area contributed by atoms with Crippen molar-refractivity contribution in [2.45, 2.75) is 19.5 Å². The van der Waals surface area contributed by atoms with Gasteiger partial charge in [-0.05, 0) is 13.0 Å². The summed E-state index contributed by atoms with van der Waals surface area (Å²) >= 11 is 0. The standard InChI is InChI=1S/C14H18N4O2/c1-10(12-5-3-4-6-13(12)20-2)17-14(19)9-18-8-11(15)7-16-18/h3-8,10H,9,15H2,1-2H3,(H,17,19). The number of ether oxygens (including phenoxy) is 1. The Labute approximate surface area is 117 Å². The lowest BCUT2D eigenvalue weighted by molar-refractivity contribution is -0.122. The highest BCUT2D eigenvalue weighted by Crippen LogP contribution is 2.24.